The molecule has 2 rings (SSSR count). The summed E-state index contributed by atoms with van der Waals surface area (Å²) in [5.74, 6) is -0.512. The van der Waals surface area contributed by atoms with Gasteiger partial charge in [0.15, 0.2) is 5.82 Å². The molecular formula is C13H17FN2O4. The number of aliphatic hydroxyl groups is 1. The lowest BCUT2D eigenvalue weighted by Gasteiger charge is -2.30. The minimum atomic E-state index is -1.31. The summed E-state index contributed by atoms with van der Waals surface area (Å²) >= 11 is 0. The van der Waals surface area contributed by atoms with Crippen LogP contribution < -0.4 is 10.2 Å². The van der Waals surface area contributed by atoms with Gasteiger partial charge in [0.25, 0.3) is 0 Å². The van der Waals surface area contributed by atoms with Crippen molar-refractivity contribution < 1.29 is 24.1 Å². The Morgan fingerprint density at radius 3 is 2.75 bits per heavy atom. The molecule has 1 saturated heterocycles. The second-order valence-electron chi connectivity index (χ2n) is 4.46. The van der Waals surface area contributed by atoms with E-state index < -0.39 is 24.6 Å². The molecule has 1 heterocycles. The first-order chi connectivity index (χ1) is 9.63. The van der Waals surface area contributed by atoms with E-state index in [1.54, 1.807) is 12.1 Å². The minimum Gasteiger partial charge on any atom is -0.465 e. The van der Waals surface area contributed by atoms with Crippen molar-refractivity contribution in [2.24, 2.45) is 0 Å². The molecule has 0 spiro atoms. The molecule has 1 aliphatic heterocycles. The Hall–Kier alpha value is -1.86. The number of hydrogen-bond donors (Lipinski definition) is 3. The molecule has 1 aliphatic rings. The van der Waals surface area contributed by atoms with E-state index in [4.69, 9.17) is 9.84 Å². The molecule has 1 aromatic carbocycles. The Morgan fingerprint density at radius 2 is 2.15 bits per heavy atom. The molecule has 110 valence electrons. The molecule has 3 N–H and O–H groups in total. The van der Waals surface area contributed by atoms with Gasteiger partial charge in [-0.3, -0.25) is 0 Å². The number of carbonyl (C=O) groups is 1. The number of amides is 1. The van der Waals surface area contributed by atoms with E-state index in [0.717, 1.165) is 0 Å². The summed E-state index contributed by atoms with van der Waals surface area (Å²) in [6, 6.07) is 3.78. The number of aliphatic hydroxyl groups excluding tert-OH is 1. The van der Waals surface area contributed by atoms with E-state index in [1.807, 2.05) is 4.90 Å². The molecule has 1 atom stereocenters. The Labute approximate surface area is 115 Å². The second kappa shape index (κ2) is 6.53. The van der Waals surface area contributed by atoms with Gasteiger partial charge in [-0.2, -0.15) is 0 Å². The van der Waals surface area contributed by atoms with E-state index in [1.165, 1.54) is 6.07 Å². The summed E-state index contributed by atoms with van der Waals surface area (Å²) in [6.45, 7) is 1.71. The largest absolute Gasteiger partial charge is 0.465 e. The topological polar surface area (TPSA) is 82.0 Å². The highest BCUT2D eigenvalue weighted by atomic mass is 19.1. The van der Waals surface area contributed by atoms with Crippen LogP contribution in [0.25, 0.3) is 0 Å². The molecule has 0 radical (unpaired) electrons. The third-order valence-corrected chi connectivity index (χ3v) is 3.22. The molecule has 0 saturated carbocycles. The van der Waals surface area contributed by atoms with Crippen molar-refractivity contribution in [2.75, 3.05) is 37.8 Å². The number of ether oxygens (including phenoxy) is 1. The predicted molar refractivity (Wildman–Crippen MR) is 70.4 cm³/mol. The van der Waals surface area contributed by atoms with Crippen LogP contribution in [0, 0.1) is 5.82 Å². The van der Waals surface area contributed by atoms with Crippen LogP contribution in [0.1, 0.15) is 11.6 Å². The number of halogens is 1. The molecule has 1 amide bonds. The van der Waals surface area contributed by atoms with Crippen molar-refractivity contribution in [3.63, 3.8) is 0 Å². The number of carboxylic acid groups (broad SMARTS) is 1. The Bertz CT molecular complexity index is 477. The number of nitrogens with zero attached hydrogens (tertiary/aromatic N) is 1. The van der Waals surface area contributed by atoms with Gasteiger partial charge in [0.2, 0.25) is 0 Å². The third kappa shape index (κ3) is 3.17. The molecule has 0 aromatic heterocycles. The highest BCUT2D eigenvalue weighted by Gasteiger charge is 2.22. The first kappa shape index (κ1) is 14.5. The maximum atomic E-state index is 14.5. The Balaban J connectivity index is 2.27. The van der Waals surface area contributed by atoms with E-state index in [0.29, 0.717) is 32.0 Å². The summed E-state index contributed by atoms with van der Waals surface area (Å²) in [5.41, 5.74) is 0.537. The maximum absolute atomic E-state index is 14.5. The summed E-state index contributed by atoms with van der Waals surface area (Å²) in [4.78, 5) is 12.5. The van der Waals surface area contributed by atoms with Gasteiger partial charge in [-0.05, 0) is 6.07 Å². The molecule has 0 aliphatic carbocycles. The first-order valence-corrected chi connectivity index (χ1v) is 6.35. The fourth-order valence-corrected chi connectivity index (χ4v) is 2.23. The molecule has 20 heavy (non-hydrogen) atoms. The molecule has 1 fully saturated rings. The van der Waals surface area contributed by atoms with Crippen LogP contribution in [0.4, 0.5) is 14.9 Å². The quantitative estimate of drug-likeness (QED) is 0.767. The van der Waals surface area contributed by atoms with E-state index in [2.05, 4.69) is 5.32 Å². The zero-order valence-electron chi connectivity index (χ0n) is 10.9. The lowest BCUT2D eigenvalue weighted by molar-refractivity contribution is 0.122. The zero-order valence-corrected chi connectivity index (χ0v) is 10.9. The van der Waals surface area contributed by atoms with Gasteiger partial charge in [-0.25, -0.2) is 9.18 Å². The van der Waals surface area contributed by atoms with Gasteiger partial charge >= 0.3 is 6.09 Å². The lowest BCUT2D eigenvalue weighted by Crippen LogP contribution is -2.37. The van der Waals surface area contributed by atoms with Crippen LogP contribution in [-0.2, 0) is 4.74 Å². The SMILES string of the molecule is O=C(O)NC(CO)c1cccc(N2CCOCC2)c1F. The summed E-state index contributed by atoms with van der Waals surface area (Å²) < 4.78 is 19.7. The summed E-state index contributed by atoms with van der Waals surface area (Å²) in [5, 5.41) is 20.0. The standard InChI is InChI=1S/C13H17FN2O4/c14-12-9(10(8-17)15-13(18)19)2-1-3-11(12)16-4-6-20-7-5-16/h1-3,10,15,17H,4-8H2,(H,18,19). The van der Waals surface area contributed by atoms with Gasteiger partial charge in [-0.1, -0.05) is 12.1 Å². The van der Waals surface area contributed by atoms with Crippen molar-refractivity contribution in [1.29, 1.82) is 0 Å². The average molecular weight is 284 g/mol. The van der Waals surface area contributed by atoms with Gasteiger partial charge < -0.3 is 25.2 Å². The predicted octanol–water partition coefficient (Wildman–Crippen LogP) is 0.963. The van der Waals surface area contributed by atoms with E-state index in [-0.39, 0.29) is 5.56 Å². The van der Waals surface area contributed by atoms with Crippen LogP contribution in [0.3, 0.4) is 0 Å². The zero-order chi connectivity index (χ0) is 14.5. The van der Waals surface area contributed by atoms with Crippen LogP contribution in [0.2, 0.25) is 0 Å². The number of nitrogens with one attached hydrogen (secondary N) is 1. The normalized spacial score (nSPS) is 16.8. The van der Waals surface area contributed by atoms with Crippen LogP contribution in [0.15, 0.2) is 18.2 Å². The maximum Gasteiger partial charge on any atom is 0.405 e. The van der Waals surface area contributed by atoms with Crippen LogP contribution >= 0.6 is 0 Å². The van der Waals surface area contributed by atoms with Gasteiger partial charge in [0, 0.05) is 18.7 Å². The molecule has 6 nitrogen and oxygen atoms in total. The Kier molecular flexibility index (Phi) is 4.75. The van der Waals surface area contributed by atoms with Crippen LogP contribution in [0.5, 0.6) is 0 Å². The fraction of sp³-hybridized carbons (Fsp3) is 0.462. The van der Waals surface area contributed by atoms with E-state index >= 15 is 0 Å². The first-order valence-electron chi connectivity index (χ1n) is 6.35. The highest BCUT2D eigenvalue weighted by Crippen LogP contribution is 2.27. The number of anilines is 1. The van der Waals surface area contributed by atoms with Crippen molar-refractivity contribution in [3.8, 4) is 0 Å². The van der Waals surface area contributed by atoms with Crippen molar-refractivity contribution in [1.82, 2.24) is 5.32 Å². The van der Waals surface area contributed by atoms with E-state index in [9.17, 15) is 14.3 Å². The average Bonchev–Trinajstić information content (AvgIpc) is 2.46. The number of benzene rings is 1. The summed E-state index contributed by atoms with van der Waals surface area (Å²) in [7, 11) is 0. The number of rotatable bonds is 4. The van der Waals surface area contributed by atoms with Gasteiger partial charge in [0.05, 0.1) is 31.5 Å². The van der Waals surface area contributed by atoms with Crippen molar-refractivity contribution >= 4 is 11.8 Å². The molecular weight excluding hydrogens is 267 g/mol. The number of hydrogen-bond acceptors (Lipinski definition) is 4. The molecule has 1 aromatic rings. The Morgan fingerprint density at radius 1 is 1.45 bits per heavy atom. The molecule has 1 unspecified atom stereocenters. The second-order valence-corrected chi connectivity index (χ2v) is 4.46. The van der Waals surface area contributed by atoms with Crippen LogP contribution in [-0.4, -0.2) is 49.2 Å². The van der Waals surface area contributed by atoms with Crippen molar-refractivity contribution in [2.45, 2.75) is 6.04 Å². The smallest absolute Gasteiger partial charge is 0.405 e. The molecule has 0 bridgehead atoms. The van der Waals surface area contributed by atoms with Gasteiger partial charge in [0.1, 0.15) is 0 Å². The van der Waals surface area contributed by atoms with Gasteiger partial charge in [-0.15, -0.1) is 0 Å². The molecule has 7 heteroatoms. The van der Waals surface area contributed by atoms with Crippen molar-refractivity contribution in [3.05, 3.63) is 29.6 Å². The monoisotopic (exact) mass is 284 g/mol. The number of morpholine rings is 1. The third-order valence-electron chi connectivity index (χ3n) is 3.22. The minimum absolute atomic E-state index is 0.138. The lowest BCUT2D eigenvalue weighted by atomic mass is 10.1. The summed E-state index contributed by atoms with van der Waals surface area (Å²) in [6.07, 6.45) is -1.31. The highest BCUT2D eigenvalue weighted by molar-refractivity contribution is 5.65. The fourth-order valence-electron chi connectivity index (χ4n) is 2.23.